The number of carbonyl (C=O) groups is 2. The molecular formula is C30H28F3N7O3Se. The molecule has 0 saturated carbocycles. The van der Waals surface area contributed by atoms with Crippen LogP contribution in [-0.2, 0) is 42.3 Å². The Morgan fingerprint density at radius 3 is 2.48 bits per heavy atom. The van der Waals surface area contributed by atoms with Crippen LogP contribution in [0.2, 0.25) is 0 Å². The first-order valence-corrected chi connectivity index (χ1v) is 15.4. The molecule has 3 heterocycles. The summed E-state index contributed by atoms with van der Waals surface area (Å²) in [4.78, 5) is 25.0. The van der Waals surface area contributed by atoms with Gasteiger partial charge < -0.3 is 4.74 Å². The average Bonchev–Trinajstić information content (AvgIpc) is 3.54. The van der Waals surface area contributed by atoms with Gasteiger partial charge in [0, 0.05) is 0 Å². The van der Waals surface area contributed by atoms with Crippen molar-refractivity contribution in [3.05, 3.63) is 88.2 Å². The van der Waals surface area contributed by atoms with Gasteiger partial charge >= 0.3 is 203 Å². The van der Waals surface area contributed by atoms with E-state index in [1.165, 1.54) is 18.2 Å². The summed E-state index contributed by atoms with van der Waals surface area (Å²) in [5.74, 6) is -0.694. The van der Waals surface area contributed by atoms with E-state index in [1.807, 2.05) is 42.1 Å². The van der Waals surface area contributed by atoms with Gasteiger partial charge in [0.15, 0.2) is 0 Å². The molecule has 3 aromatic heterocycles. The summed E-state index contributed by atoms with van der Waals surface area (Å²) in [6.45, 7) is 0. The molecule has 0 aliphatic carbocycles. The van der Waals surface area contributed by atoms with E-state index in [0.717, 1.165) is 52.1 Å². The first-order chi connectivity index (χ1) is 21.1. The van der Waals surface area contributed by atoms with Crippen molar-refractivity contribution in [2.45, 2.75) is 44.9 Å². The number of rotatable bonds is 12. The molecule has 10 nitrogen and oxygen atoms in total. The van der Waals surface area contributed by atoms with E-state index in [1.54, 1.807) is 12.1 Å². The zero-order valence-corrected chi connectivity index (χ0v) is 25.3. The van der Waals surface area contributed by atoms with Gasteiger partial charge in [0.1, 0.15) is 5.75 Å². The Hall–Kier alpha value is -4.55. The number of benzene rings is 2. The summed E-state index contributed by atoms with van der Waals surface area (Å²) >= 11 is -0.124. The van der Waals surface area contributed by atoms with Crippen LogP contribution in [0.1, 0.15) is 34.2 Å². The quantitative estimate of drug-likeness (QED) is 0.147. The van der Waals surface area contributed by atoms with Crippen LogP contribution < -0.4 is 15.4 Å². The van der Waals surface area contributed by atoms with Crippen LogP contribution in [-0.4, -0.2) is 57.6 Å². The number of carbonyl (C=O) groups excluding carboxylic acids is 2. The van der Waals surface area contributed by atoms with Crippen molar-refractivity contribution in [2.24, 2.45) is 7.05 Å². The Balaban J connectivity index is 1.02. The molecule has 2 N–H and O–H groups in total. The van der Waals surface area contributed by atoms with E-state index in [2.05, 4.69) is 35.8 Å². The van der Waals surface area contributed by atoms with Gasteiger partial charge in [-0.3, -0.25) is 0 Å². The molecule has 5 rings (SSSR count). The fourth-order valence-electron chi connectivity index (χ4n) is 4.68. The van der Waals surface area contributed by atoms with Crippen LogP contribution in [0.15, 0.2) is 66.9 Å². The van der Waals surface area contributed by atoms with Crippen LogP contribution in [0.3, 0.4) is 0 Å². The Morgan fingerprint density at radius 1 is 0.886 bits per heavy atom. The molecule has 0 atom stereocenters. The number of amides is 2. The van der Waals surface area contributed by atoms with Crippen LogP contribution in [0.5, 0.6) is 5.75 Å². The van der Waals surface area contributed by atoms with Gasteiger partial charge in [0.25, 0.3) is 0 Å². The van der Waals surface area contributed by atoms with Gasteiger partial charge in [-0.1, -0.05) is 12.1 Å². The van der Waals surface area contributed by atoms with E-state index in [4.69, 9.17) is 0 Å². The number of nitrogens with zero attached hydrogens (tertiary/aromatic N) is 5. The number of hydrogen-bond acceptors (Lipinski definition) is 7. The van der Waals surface area contributed by atoms with Gasteiger partial charge in [0.2, 0.25) is 0 Å². The SMILES string of the molecule is Cn1cc(CC(=O)Nc2nnc(CCCCc3ccc(NC(=O)Cc4cccc(OC(F)(F)F)c4)nn3)[se]2)c2ccccc21. The second-order valence-corrected chi connectivity index (χ2v) is 12.3. The summed E-state index contributed by atoms with van der Waals surface area (Å²) in [6, 6.07) is 16.6. The van der Waals surface area contributed by atoms with Gasteiger partial charge in [-0.25, -0.2) is 0 Å². The fraction of sp³-hybridized carbons (Fsp3) is 0.267. The number of anilines is 2. The zero-order valence-electron chi connectivity index (χ0n) is 23.6. The summed E-state index contributed by atoms with van der Waals surface area (Å²) in [6.07, 6.45) is 0.449. The number of halogens is 3. The minimum atomic E-state index is -4.81. The third-order valence-electron chi connectivity index (χ3n) is 6.60. The van der Waals surface area contributed by atoms with E-state index in [-0.39, 0.29) is 44.8 Å². The Labute approximate surface area is 256 Å². The summed E-state index contributed by atoms with van der Waals surface area (Å²) in [5.41, 5.74) is 3.17. The molecule has 0 unspecified atom stereocenters. The van der Waals surface area contributed by atoms with Crippen molar-refractivity contribution in [1.82, 2.24) is 25.0 Å². The molecular weight excluding hydrogens is 642 g/mol. The molecule has 0 saturated heterocycles. The number of fused-ring (bicyclic) bond motifs is 1. The summed E-state index contributed by atoms with van der Waals surface area (Å²) in [7, 11) is 1.96. The van der Waals surface area contributed by atoms with Crippen molar-refractivity contribution in [1.29, 1.82) is 0 Å². The van der Waals surface area contributed by atoms with Crippen LogP contribution >= 0.6 is 0 Å². The first-order valence-electron chi connectivity index (χ1n) is 13.7. The van der Waals surface area contributed by atoms with Gasteiger partial charge in [0.05, 0.1) is 0 Å². The van der Waals surface area contributed by atoms with Crippen molar-refractivity contribution in [3.63, 3.8) is 0 Å². The van der Waals surface area contributed by atoms with Crippen LogP contribution in [0.4, 0.5) is 23.7 Å². The molecule has 0 bridgehead atoms. The predicted octanol–water partition coefficient (Wildman–Crippen LogP) is 4.64. The maximum absolute atomic E-state index is 12.6. The zero-order chi connectivity index (χ0) is 31.1. The number of aromatic nitrogens is 5. The molecule has 0 radical (unpaired) electrons. The maximum atomic E-state index is 12.6. The van der Waals surface area contributed by atoms with Crippen molar-refractivity contribution < 1.29 is 27.5 Å². The van der Waals surface area contributed by atoms with Crippen molar-refractivity contribution in [3.8, 4) is 5.75 Å². The number of ether oxygens (including phenoxy) is 1. The number of nitrogens with one attached hydrogen (secondary N) is 2. The van der Waals surface area contributed by atoms with Crippen LogP contribution in [0, 0.1) is 0 Å². The summed E-state index contributed by atoms with van der Waals surface area (Å²) in [5, 5.41) is 23.2. The topological polar surface area (TPSA) is 124 Å². The second kappa shape index (κ2) is 13.8. The molecule has 0 spiro atoms. The molecule has 2 amide bonds. The third-order valence-corrected chi connectivity index (χ3v) is 8.49. The first kappa shape index (κ1) is 30.9. The Kier molecular flexibility index (Phi) is 9.71. The van der Waals surface area contributed by atoms with Gasteiger partial charge in [-0.2, -0.15) is 0 Å². The van der Waals surface area contributed by atoms with Gasteiger partial charge in [-0.05, 0) is 17.7 Å². The second-order valence-electron chi connectivity index (χ2n) is 10.0. The molecule has 228 valence electrons. The normalized spacial score (nSPS) is 11.5. The van der Waals surface area contributed by atoms with Gasteiger partial charge in [-0.15, -0.1) is 13.2 Å². The molecule has 14 heteroatoms. The van der Waals surface area contributed by atoms with Crippen molar-refractivity contribution >= 4 is 47.7 Å². The standard InChI is InChI=1S/C30H28F3N7O3Se/c1-40-18-20(23-10-3-4-11-24(23)40)17-27(42)35-29-39-38-28(44-29)12-5-2-8-21-13-14-25(37-36-21)34-26(41)16-19-7-6-9-22(15-19)43-30(31,32)33/h3-4,6-7,9-11,13-15,18H,2,5,8,12,16-17H2,1H3,(H,34,37,41)(H,35,39,42). The Bertz CT molecular complexity index is 1750. The molecule has 0 aliphatic rings. The molecule has 0 aliphatic heterocycles. The van der Waals surface area contributed by atoms with Crippen molar-refractivity contribution in [2.75, 3.05) is 10.6 Å². The van der Waals surface area contributed by atoms with E-state index < -0.39 is 12.3 Å². The molecule has 2 aromatic carbocycles. The number of para-hydroxylation sites is 1. The molecule has 5 aromatic rings. The van der Waals surface area contributed by atoms with Crippen LogP contribution in [0.25, 0.3) is 10.9 Å². The number of aryl methyl sites for hydroxylation is 3. The molecule has 0 fully saturated rings. The average molecular weight is 671 g/mol. The van der Waals surface area contributed by atoms with E-state index in [9.17, 15) is 22.8 Å². The van der Waals surface area contributed by atoms with E-state index >= 15 is 0 Å². The minimum absolute atomic E-state index is 0.110. The van der Waals surface area contributed by atoms with E-state index in [0.29, 0.717) is 16.7 Å². The summed E-state index contributed by atoms with van der Waals surface area (Å²) < 4.78 is 44.8. The number of unbranched alkanes of at least 4 members (excludes halogenated alkanes) is 1. The predicted molar refractivity (Wildman–Crippen MR) is 158 cm³/mol. The third kappa shape index (κ3) is 8.74. The monoisotopic (exact) mass is 671 g/mol. The number of hydrogen-bond donors (Lipinski definition) is 2. The molecule has 44 heavy (non-hydrogen) atoms. The Morgan fingerprint density at radius 2 is 1.68 bits per heavy atom. The number of alkyl halides is 3. The fourth-order valence-corrected chi connectivity index (χ4v) is 6.35.